The number of rotatable bonds is 2. The fourth-order valence-electron chi connectivity index (χ4n) is 2.16. The Hall–Kier alpha value is -0.300. The summed E-state index contributed by atoms with van der Waals surface area (Å²) >= 11 is 0. The van der Waals surface area contributed by atoms with Gasteiger partial charge in [0.15, 0.2) is 0 Å². The Morgan fingerprint density at radius 1 is 1.50 bits per heavy atom. The molecule has 0 spiro atoms. The molecular weight excluding hydrogens is 148 g/mol. The largest absolute Gasteiger partial charge is 0.392 e. The Kier molecular flexibility index (Phi) is 2.35. The van der Waals surface area contributed by atoms with Crippen molar-refractivity contribution in [2.45, 2.75) is 40.2 Å². The maximum absolute atomic E-state index is 9.64. The van der Waals surface area contributed by atoms with Crippen LogP contribution in [0.2, 0.25) is 0 Å². The predicted octanol–water partition coefficient (Wildman–Crippen LogP) is 2.61. The van der Waals surface area contributed by atoms with Gasteiger partial charge in [-0.05, 0) is 17.8 Å². The summed E-state index contributed by atoms with van der Waals surface area (Å²) in [6.07, 6.45) is 0.678. The molecule has 1 heteroatoms. The summed E-state index contributed by atoms with van der Waals surface area (Å²) in [7, 11) is 0. The predicted molar refractivity (Wildman–Crippen MR) is 51.9 cm³/mol. The summed E-state index contributed by atoms with van der Waals surface area (Å²) in [5.41, 5.74) is 1.52. The molecule has 0 radical (unpaired) electrons. The van der Waals surface area contributed by atoms with E-state index in [-0.39, 0.29) is 11.5 Å². The zero-order valence-corrected chi connectivity index (χ0v) is 8.59. The van der Waals surface area contributed by atoms with Gasteiger partial charge >= 0.3 is 0 Å². The number of hydrogen-bond donors (Lipinski definition) is 1. The molecule has 0 heterocycles. The second-order valence-corrected chi connectivity index (χ2v) is 4.92. The Labute approximate surface area is 75.5 Å². The molecular formula is C11H20O. The summed E-state index contributed by atoms with van der Waals surface area (Å²) in [4.78, 5) is 0. The molecule has 1 saturated carbocycles. The fourth-order valence-corrected chi connectivity index (χ4v) is 2.16. The molecule has 70 valence electrons. The van der Waals surface area contributed by atoms with Crippen molar-refractivity contribution in [1.82, 2.24) is 0 Å². The van der Waals surface area contributed by atoms with E-state index in [0.717, 1.165) is 6.42 Å². The smallest absolute Gasteiger partial charge is 0.0608 e. The van der Waals surface area contributed by atoms with Gasteiger partial charge < -0.3 is 5.11 Å². The lowest BCUT2D eigenvalue weighted by Gasteiger charge is -2.18. The van der Waals surface area contributed by atoms with Crippen molar-refractivity contribution in [3.05, 3.63) is 12.2 Å². The van der Waals surface area contributed by atoms with Crippen LogP contribution in [0.1, 0.15) is 34.1 Å². The second-order valence-electron chi connectivity index (χ2n) is 4.92. The summed E-state index contributed by atoms with van der Waals surface area (Å²) in [6.45, 7) is 12.7. The van der Waals surface area contributed by atoms with Gasteiger partial charge in [0.1, 0.15) is 0 Å². The summed E-state index contributed by atoms with van der Waals surface area (Å²) < 4.78 is 0. The molecule has 1 fully saturated rings. The first kappa shape index (κ1) is 9.79. The zero-order valence-electron chi connectivity index (χ0n) is 8.59. The average molecular weight is 168 g/mol. The van der Waals surface area contributed by atoms with Crippen molar-refractivity contribution < 1.29 is 5.11 Å². The van der Waals surface area contributed by atoms with Crippen LogP contribution in [0, 0.1) is 17.3 Å². The van der Waals surface area contributed by atoms with E-state index in [4.69, 9.17) is 0 Å². The number of hydrogen-bond acceptors (Lipinski definition) is 1. The van der Waals surface area contributed by atoms with Gasteiger partial charge in [-0.15, -0.1) is 0 Å². The van der Waals surface area contributed by atoms with Gasteiger partial charge in [-0.1, -0.05) is 39.8 Å². The van der Waals surface area contributed by atoms with Crippen molar-refractivity contribution in [1.29, 1.82) is 0 Å². The third kappa shape index (κ3) is 1.56. The molecule has 0 bridgehead atoms. The SMILES string of the molecule is C=C1C(C(O)CC)C1C(C)(C)C. The van der Waals surface area contributed by atoms with Crippen LogP contribution in [0.5, 0.6) is 0 Å². The first-order valence-corrected chi connectivity index (χ1v) is 4.76. The average Bonchev–Trinajstić information content (AvgIpc) is 2.59. The molecule has 3 unspecified atom stereocenters. The van der Waals surface area contributed by atoms with Gasteiger partial charge in [0.25, 0.3) is 0 Å². The van der Waals surface area contributed by atoms with Gasteiger partial charge in [-0.3, -0.25) is 0 Å². The minimum atomic E-state index is -0.165. The molecule has 0 saturated heterocycles. The highest BCUT2D eigenvalue weighted by atomic mass is 16.3. The molecule has 0 aromatic heterocycles. The van der Waals surface area contributed by atoms with Crippen molar-refractivity contribution in [2.75, 3.05) is 0 Å². The maximum Gasteiger partial charge on any atom is 0.0608 e. The van der Waals surface area contributed by atoms with Crippen molar-refractivity contribution >= 4 is 0 Å². The third-order valence-corrected chi connectivity index (χ3v) is 2.84. The molecule has 3 atom stereocenters. The molecule has 0 amide bonds. The van der Waals surface area contributed by atoms with Gasteiger partial charge in [0.2, 0.25) is 0 Å². The summed E-state index contributed by atoms with van der Waals surface area (Å²) in [5, 5.41) is 9.64. The Bertz CT molecular complexity index is 188. The van der Waals surface area contributed by atoms with Gasteiger partial charge in [0, 0.05) is 5.92 Å². The van der Waals surface area contributed by atoms with Crippen molar-refractivity contribution in [3.8, 4) is 0 Å². The molecule has 1 nitrogen and oxygen atoms in total. The molecule has 0 aliphatic heterocycles. The van der Waals surface area contributed by atoms with Crippen molar-refractivity contribution in [3.63, 3.8) is 0 Å². The van der Waals surface area contributed by atoms with Crippen LogP contribution in [0.4, 0.5) is 0 Å². The number of aliphatic hydroxyl groups excluding tert-OH is 1. The van der Waals surface area contributed by atoms with Crippen LogP contribution >= 0.6 is 0 Å². The van der Waals surface area contributed by atoms with E-state index >= 15 is 0 Å². The Balaban J connectivity index is 2.60. The van der Waals surface area contributed by atoms with Gasteiger partial charge in [0.05, 0.1) is 6.10 Å². The first-order chi connectivity index (χ1) is 5.39. The topological polar surface area (TPSA) is 20.2 Å². The minimum absolute atomic E-state index is 0.165. The van der Waals surface area contributed by atoms with Crippen LogP contribution in [-0.2, 0) is 0 Å². The van der Waals surface area contributed by atoms with E-state index in [9.17, 15) is 5.11 Å². The Morgan fingerprint density at radius 3 is 2.25 bits per heavy atom. The zero-order chi connectivity index (χ0) is 9.52. The monoisotopic (exact) mass is 168 g/mol. The standard InChI is InChI=1S/C11H20O/c1-6-8(12)9-7(2)10(9)11(3,4)5/h8-10,12H,2,6H2,1,3-5H3. The maximum atomic E-state index is 9.64. The fraction of sp³-hybridized carbons (Fsp3) is 0.818. The van der Waals surface area contributed by atoms with E-state index in [1.807, 2.05) is 6.92 Å². The lowest BCUT2D eigenvalue weighted by Crippen LogP contribution is -2.15. The van der Waals surface area contributed by atoms with E-state index in [1.54, 1.807) is 0 Å². The second kappa shape index (κ2) is 2.88. The van der Waals surface area contributed by atoms with E-state index < -0.39 is 0 Å². The van der Waals surface area contributed by atoms with Gasteiger partial charge in [-0.2, -0.15) is 0 Å². The minimum Gasteiger partial charge on any atom is -0.392 e. The highest BCUT2D eigenvalue weighted by Gasteiger charge is 2.52. The highest BCUT2D eigenvalue weighted by molar-refractivity contribution is 5.30. The third-order valence-electron chi connectivity index (χ3n) is 2.84. The van der Waals surface area contributed by atoms with E-state index in [2.05, 4.69) is 27.4 Å². The van der Waals surface area contributed by atoms with Crippen LogP contribution in [-0.4, -0.2) is 11.2 Å². The van der Waals surface area contributed by atoms with Crippen molar-refractivity contribution in [2.24, 2.45) is 17.3 Å². The molecule has 1 rings (SSSR count). The van der Waals surface area contributed by atoms with Crippen LogP contribution < -0.4 is 0 Å². The van der Waals surface area contributed by atoms with Crippen LogP contribution in [0.3, 0.4) is 0 Å². The van der Waals surface area contributed by atoms with Crippen LogP contribution in [0.25, 0.3) is 0 Å². The quantitative estimate of drug-likeness (QED) is 0.628. The van der Waals surface area contributed by atoms with E-state index in [1.165, 1.54) is 5.57 Å². The van der Waals surface area contributed by atoms with E-state index in [0.29, 0.717) is 11.8 Å². The first-order valence-electron chi connectivity index (χ1n) is 4.76. The van der Waals surface area contributed by atoms with Crippen LogP contribution in [0.15, 0.2) is 12.2 Å². The lowest BCUT2D eigenvalue weighted by molar-refractivity contribution is 0.129. The molecule has 1 aliphatic rings. The molecule has 1 N–H and O–H groups in total. The van der Waals surface area contributed by atoms with Gasteiger partial charge in [-0.25, -0.2) is 0 Å². The molecule has 1 aliphatic carbocycles. The summed E-state index contributed by atoms with van der Waals surface area (Å²) in [6, 6.07) is 0. The molecule has 0 aromatic carbocycles. The Morgan fingerprint density at radius 2 is 2.00 bits per heavy atom. The lowest BCUT2D eigenvalue weighted by atomic mass is 9.87. The molecule has 12 heavy (non-hydrogen) atoms. The normalized spacial score (nSPS) is 31.9. The highest BCUT2D eigenvalue weighted by Crippen LogP contribution is 2.56. The number of aliphatic hydroxyl groups is 1. The summed E-state index contributed by atoms with van der Waals surface area (Å²) in [5.74, 6) is 0.905. The molecule has 0 aromatic rings.